The third-order valence-electron chi connectivity index (χ3n) is 8.76. The van der Waals surface area contributed by atoms with E-state index >= 15 is 0 Å². The van der Waals surface area contributed by atoms with Gasteiger partial charge in [0.05, 0.1) is 0 Å². The van der Waals surface area contributed by atoms with Crippen LogP contribution in [0.4, 0.5) is 0 Å². The molecule has 0 unspecified atom stereocenters. The standard InChI is InChI=1S/C40H25N3/c1-2-11-25(12-3-1)38-41-39(43-40(42-38)35-20-10-19-29-28-14-5-4-13-26(28)23-37(29)35)27-21-22-34-32-17-7-6-15-30(32)31-16-8-9-18-33(31)36(34)24-27/h1-22,24H,23H2. The molecule has 0 saturated carbocycles. The van der Waals surface area contributed by atoms with Crippen LogP contribution in [0.5, 0.6) is 0 Å². The highest BCUT2D eigenvalue weighted by atomic mass is 15.0. The van der Waals surface area contributed by atoms with Crippen LogP contribution in [0.1, 0.15) is 11.1 Å². The lowest BCUT2D eigenvalue weighted by Gasteiger charge is -2.13. The smallest absolute Gasteiger partial charge is 0.164 e. The molecule has 43 heavy (non-hydrogen) atoms. The van der Waals surface area contributed by atoms with Gasteiger partial charge in [0, 0.05) is 16.7 Å². The Morgan fingerprint density at radius 1 is 0.349 bits per heavy atom. The molecule has 0 spiro atoms. The SMILES string of the molecule is c1ccc(-c2nc(-c3ccc4c5ccccc5c5ccccc5c4c3)nc(-c3cccc4c3Cc3ccccc3-4)n2)cc1. The Kier molecular flexibility index (Phi) is 5.26. The summed E-state index contributed by atoms with van der Waals surface area (Å²) in [6.45, 7) is 0. The predicted octanol–water partition coefficient (Wildman–Crippen LogP) is 9.90. The number of nitrogens with zero attached hydrogens (tertiary/aromatic N) is 3. The first-order valence-electron chi connectivity index (χ1n) is 14.7. The molecule has 0 bridgehead atoms. The number of aromatic nitrogens is 3. The molecule has 7 aromatic carbocycles. The first kappa shape index (κ1) is 24.0. The summed E-state index contributed by atoms with van der Waals surface area (Å²) in [4.78, 5) is 15.3. The maximum Gasteiger partial charge on any atom is 0.164 e. The van der Waals surface area contributed by atoms with Crippen LogP contribution in [0.2, 0.25) is 0 Å². The summed E-state index contributed by atoms with van der Waals surface area (Å²) in [5, 5.41) is 7.44. The van der Waals surface area contributed by atoms with Crippen LogP contribution in [0.3, 0.4) is 0 Å². The fraction of sp³-hybridized carbons (Fsp3) is 0.0250. The summed E-state index contributed by atoms with van der Waals surface area (Å²) in [6.07, 6.45) is 0.873. The lowest BCUT2D eigenvalue weighted by atomic mass is 9.93. The van der Waals surface area contributed by atoms with Gasteiger partial charge in [-0.1, -0.05) is 133 Å². The molecule has 0 radical (unpaired) electrons. The van der Waals surface area contributed by atoms with Gasteiger partial charge in [0.2, 0.25) is 0 Å². The molecule has 1 heterocycles. The van der Waals surface area contributed by atoms with Crippen molar-refractivity contribution in [2.75, 3.05) is 0 Å². The number of rotatable bonds is 3. The van der Waals surface area contributed by atoms with E-state index in [4.69, 9.17) is 15.0 Å². The minimum Gasteiger partial charge on any atom is -0.208 e. The minimum atomic E-state index is 0.677. The van der Waals surface area contributed by atoms with Crippen molar-refractivity contribution < 1.29 is 0 Å². The Bertz CT molecular complexity index is 2340. The lowest BCUT2D eigenvalue weighted by Crippen LogP contribution is -2.02. The molecular weight excluding hydrogens is 522 g/mol. The van der Waals surface area contributed by atoms with Crippen LogP contribution in [0.15, 0.2) is 140 Å². The number of hydrogen-bond donors (Lipinski definition) is 0. The normalized spacial score (nSPS) is 12.1. The highest BCUT2D eigenvalue weighted by Crippen LogP contribution is 2.42. The molecule has 200 valence electrons. The van der Waals surface area contributed by atoms with Gasteiger partial charge in [-0.3, -0.25) is 0 Å². The highest BCUT2D eigenvalue weighted by molar-refractivity contribution is 6.25. The minimum absolute atomic E-state index is 0.677. The van der Waals surface area contributed by atoms with Crippen LogP contribution in [-0.4, -0.2) is 15.0 Å². The van der Waals surface area contributed by atoms with E-state index in [1.165, 1.54) is 54.6 Å². The van der Waals surface area contributed by atoms with Crippen molar-refractivity contribution in [3.8, 4) is 45.3 Å². The fourth-order valence-corrected chi connectivity index (χ4v) is 6.76. The average Bonchev–Trinajstić information content (AvgIpc) is 3.47. The molecule has 1 aliphatic carbocycles. The van der Waals surface area contributed by atoms with Gasteiger partial charge < -0.3 is 0 Å². The molecule has 0 amide bonds. The molecule has 0 N–H and O–H groups in total. The van der Waals surface area contributed by atoms with Gasteiger partial charge in [-0.05, 0) is 67.1 Å². The third-order valence-corrected chi connectivity index (χ3v) is 8.76. The summed E-state index contributed by atoms with van der Waals surface area (Å²) in [7, 11) is 0. The second-order valence-corrected chi connectivity index (χ2v) is 11.2. The second-order valence-electron chi connectivity index (χ2n) is 11.2. The zero-order chi connectivity index (χ0) is 28.3. The Morgan fingerprint density at radius 2 is 0.884 bits per heavy atom. The summed E-state index contributed by atoms with van der Waals surface area (Å²) in [5.74, 6) is 2.06. The van der Waals surface area contributed by atoms with Crippen molar-refractivity contribution in [2.45, 2.75) is 6.42 Å². The fourth-order valence-electron chi connectivity index (χ4n) is 6.76. The van der Waals surface area contributed by atoms with E-state index in [1.54, 1.807) is 0 Å². The summed E-state index contributed by atoms with van der Waals surface area (Å²) in [6, 6.07) is 49.3. The van der Waals surface area contributed by atoms with Crippen molar-refractivity contribution in [1.82, 2.24) is 15.0 Å². The van der Waals surface area contributed by atoms with Crippen LogP contribution < -0.4 is 0 Å². The van der Waals surface area contributed by atoms with Crippen LogP contribution in [-0.2, 0) is 6.42 Å². The summed E-state index contributed by atoms with van der Waals surface area (Å²) in [5.41, 5.74) is 8.19. The molecule has 0 atom stereocenters. The van der Waals surface area contributed by atoms with Gasteiger partial charge in [0.25, 0.3) is 0 Å². The van der Waals surface area contributed by atoms with Gasteiger partial charge in [0.15, 0.2) is 17.5 Å². The Labute approximate surface area is 249 Å². The van der Waals surface area contributed by atoms with E-state index in [2.05, 4.69) is 121 Å². The second kappa shape index (κ2) is 9.43. The van der Waals surface area contributed by atoms with Crippen molar-refractivity contribution in [3.63, 3.8) is 0 Å². The number of fused-ring (bicyclic) bond motifs is 9. The lowest BCUT2D eigenvalue weighted by molar-refractivity contribution is 1.07. The molecule has 0 fully saturated rings. The quantitative estimate of drug-likeness (QED) is 0.207. The zero-order valence-corrected chi connectivity index (χ0v) is 23.3. The van der Waals surface area contributed by atoms with E-state index in [1.807, 2.05) is 18.2 Å². The molecule has 0 aliphatic heterocycles. The molecule has 9 rings (SSSR count). The topological polar surface area (TPSA) is 38.7 Å². The largest absolute Gasteiger partial charge is 0.208 e. The maximum atomic E-state index is 5.17. The van der Waals surface area contributed by atoms with Crippen molar-refractivity contribution in [3.05, 3.63) is 151 Å². The van der Waals surface area contributed by atoms with Crippen LogP contribution >= 0.6 is 0 Å². The third kappa shape index (κ3) is 3.79. The molecule has 8 aromatic rings. The van der Waals surface area contributed by atoms with E-state index < -0.39 is 0 Å². The Morgan fingerprint density at radius 3 is 1.63 bits per heavy atom. The Balaban J connectivity index is 1.29. The van der Waals surface area contributed by atoms with Crippen molar-refractivity contribution in [2.24, 2.45) is 0 Å². The highest BCUT2D eigenvalue weighted by Gasteiger charge is 2.23. The Hall–Kier alpha value is -5.67. The first-order chi connectivity index (χ1) is 21.3. The van der Waals surface area contributed by atoms with Crippen LogP contribution in [0, 0.1) is 0 Å². The van der Waals surface area contributed by atoms with Gasteiger partial charge in [-0.25, -0.2) is 15.0 Å². The van der Waals surface area contributed by atoms with E-state index in [9.17, 15) is 0 Å². The summed E-state index contributed by atoms with van der Waals surface area (Å²) >= 11 is 0. The van der Waals surface area contributed by atoms with E-state index in [0.29, 0.717) is 17.5 Å². The van der Waals surface area contributed by atoms with Crippen LogP contribution in [0.25, 0.3) is 77.6 Å². The monoisotopic (exact) mass is 547 g/mol. The molecule has 0 saturated heterocycles. The molecule has 3 heteroatoms. The molecular formula is C40H25N3. The number of benzene rings is 7. The predicted molar refractivity (Wildman–Crippen MR) is 177 cm³/mol. The molecule has 1 aliphatic rings. The van der Waals surface area contributed by atoms with E-state index in [-0.39, 0.29) is 0 Å². The summed E-state index contributed by atoms with van der Waals surface area (Å²) < 4.78 is 0. The maximum absolute atomic E-state index is 5.17. The van der Waals surface area contributed by atoms with Gasteiger partial charge >= 0.3 is 0 Å². The van der Waals surface area contributed by atoms with Gasteiger partial charge in [0.1, 0.15) is 0 Å². The van der Waals surface area contributed by atoms with Gasteiger partial charge in [-0.2, -0.15) is 0 Å². The van der Waals surface area contributed by atoms with Crippen molar-refractivity contribution >= 4 is 32.3 Å². The average molecular weight is 548 g/mol. The van der Waals surface area contributed by atoms with E-state index in [0.717, 1.165) is 23.1 Å². The zero-order valence-electron chi connectivity index (χ0n) is 23.3. The number of hydrogen-bond acceptors (Lipinski definition) is 3. The van der Waals surface area contributed by atoms with Crippen molar-refractivity contribution in [1.29, 1.82) is 0 Å². The van der Waals surface area contributed by atoms with Gasteiger partial charge in [-0.15, -0.1) is 0 Å². The molecule has 3 nitrogen and oxygen atoms in total. The molecule has 1 aromatic heterocycles. The first-order valence-corrected chi connectivity index (χ1v) is 14.7.